The highest BCUT2D eigenvalue weighted by molar-refractivity contribution is 5.30. The summed E-state index contributed by atoms with van der Waals surface area (Å²) in [4.78, 5) is 0. The van der Waals surface area contributed by atoms with Crippen molar-refractivity contribution in [2.75, 3.05) is 5.73 Å². The zero-order chi connectivity index (χ0) is 12.5. The molecule has 0 bridgehead atoms. The first-order valence-corrected chi connectivity index (χ1v) is 5.87. The van der Waals surface area contributed by atoms with E-state index in [1.807, 2.05) is 0 Å². The largest absolute Gasteiger partial charge is 0.433 e. The number of rotatable bonds is 2. The molecule has 1 aliphatic rings. The maximum atomic E-state index is 12.7. The smallest absolute Gasteiger partial charge is 0.382 e. The van der Waals surface area contributed by atoms with E-state index >= 15 is 0 Å². The molecule has 3 nitrogen and oxygen atoms in total. The van der Waals surface area contributed by atoms with E-state index in [1.54, 1.807) is 0 Å². The Morgan fingerprint density at radius 3 is 2.53 bits per heavy atom. The Balaban J connectivity index is 2.14. The average molecular weight is 247 g/mol. The normalized spacial score (nSPS) is 18.5. The molecule has 17 heavy (non-hydrogen) atoms. The van der Waals surface area contributed by atoms with E-state index in [1.165, 1.54) is 6.42 Å². The molecule has 2 rings (SSSR count). The van der Waals surface area contributed by atoms with Crippen LogP contribution in [0, 0.1) is 5.92 Å². The van der Waals surface area contributed by atoms with E-state index in [2.05, 4.69) is 5.10 Å². The Hall–Kier alpha value is -1.20. The van der Waals surface area contributed by atoms with Gasteiger partial charge in [-0.1, -0.05) is 19.3 Å². The number of alkyl halides is 3. The van der Waals surface area contributed by atoms with Crippen LogP contribution < -0.4 is 5.73 Å². The first-order chi connectivity index (χ1) is 7.97. The molecule has 1 aromatic heterocycles. The van der Waals surface area contributed by atoms with E-state index in [9.17, 15) is 13.2 Å². The van der Waals surface area contributed by atoms with Gasteiger partial charge in [0.15, 0.2) is 0 Å². The van der Waals surface area contributed by atoms with E-state index in [-0.39, 0.29) is 5.82 Å². The zero-order valence-corrected chi connectivity index (χ0v) is 9.50. The lowest BCUT2D eigenvalue weighted by molar-refractivity contribution is -0.144. The summed E-state index contributed by atoms with van der Waals surface area (Å²) in [6.07, 6.45) is 0.975. The summed E-state index contributed by atoms with van der Waals surface area (Å²) >= 11 is 0. The molecule has 0 saturated heterocycles. The van der Waals surface area contributed by atoms with Crippen molar-refractivity contribution in [1.29, 1.82) is 0 Å². The van der Waals surface area contributed by atoms with Crippen LogP contribution in [0.25, 0.3) is 0 Å². The minimum Gasteiger partial charge on any atom is -0.382 e. The molecule has 2 N–H and O–H groups in total. The summed E-state index contributed by atoms with van der Waals surface area (Å²) < 4.78 is 39.1. The molecular formula is C11H16F3N3. The average Bonchev–Trinajstić information content (AvgIpc) is 2.60. The first kappa shape index (κ1) is 12.3. The molecule has 6 heteroatoms. The summed E-state index contributed by atoms with van der Waals surface area (Å²) in [7, 11) is 0. The van der Waals surface area contributed by atoms with Crippen molar-refractivity contribution in [2.24, 2.45) is 5.92 Å². The van der Waals surface area contributed by atoms with E-state index < -0.39 is 11.9 Å². The fourth-order valence-electron chi connectivity index (χ4n) is 2.42. The van der Waals surface area contributed by atoms with Gasteiger partial charge < -0.3 is 5.73 Å². The van der Waals surface area contributed by atoms with Gasteiger partial charge in [0.2, 0.25) is 0 Å². The van der Waals surface area contributed by atoms with Crippen LogP contribution in [0.15, 0.2) is 6.07 Å². The van der Waals surface area contributed by atoms with Gasteiger partial charge in [0.25, 0.3) is 0 Å². The van der Waals surface area contributed by atoms with E-state index in [0.29, 0.717) is 12.5 Å². The second kappa shape index (κ2) is 4.58. The van der Waals surface area contributed by atoms with Crippen LogP contribution in [0.2, 0.25) is 0 Å². The maximum Gasteiger partial charge on any atom is 0.433 e. The quantitative estimate of drug-likeness (QED) is 0.872. The number of nitrogens with two attached hydrogens (primary N) is 1. The molecule has 0 atom stereocenters. The highest BCUT2D eigenvalue weighted by atomic mass is 19.4. The van der Waals surface area contributed by atoms with Gasteiger partial charge in [-0.3, -0.25) is 4.68 Å². The van der Waals surface area contributed by atoms with Crippen molar-refractivity contribution in [3.8, 4) is 0 Å². The molecule has 1 saturated carbocycles. The van der Waals surface area contributed by atoms with Crippen LogP contribution in [0.4, 0.5) is 19.0 Å². The van der Waals surface area contributed by atoms with Crippen LogP contribution in [-0.2, 0) is 12.7 Å². The molecule has 1 aliphatic carbocycles. The minimum atomic E-state index is -4.38. The molecule has 0 aliphatic heterocycles. The van der Waals surface area contributed by atoms with Crippen LogP contribution >= 0.6 is 0 Å². The standard InChI is InChI=1S/C11H16F3N3/c12-11(13,14)9-6-10(15)16-17(9)7-8-4-2-1-3-5-8/h6,8H,1-5,7H2,(H2,15,16). The van der Waals surface area contributed by atoms with Crippen LogP contribution in [-0.4, -0.2) is 9.78 Å². The van der Waals surface area contributed by atoms with Crippen molar-refractivity contribution in [3.05, 3.63) is 11.8 Å². The summed E-state index contributed by atoms with van der Waals surface area (Å²) in [6, 6.07) is 0.906. The summed E-state index contributed by atoms with van der Waals surface area (Å²) in [5.41, 5.74) is 4.61. The Kier molecular flexibility index (Phi) is 3.31. The lowest BCUT2D eigenvalue weighted by atomic mass is 9.89. The van der Waals surface area contributed by atoms with Gasteiger partial charge >= 0.3 is 6.18 Å². The van der Waals surface area contributed by atoms with E-state index in [4.69, 9.17) is 5.73 Å². The molecule has 0 radical (unpaired) electrons. The SMILES string of the molecule is Nc1cc(C(F)(F)F)n(CC2CCCCC2)n1. The molecular weight excluding hydrogens is 231 g/mol. The Morgan fingerprint density at radius 1 is 1.29 bits per heavy atom. The molecule has 1 aromatic rings. The number of halogens is 3. The molecule has 0 amide bonds. The molecule has 0 unspecified atom stereocenters. The van der Waals surface area contributed by atoms with Crippen molar-refractivity contribution >= 4 is 5.82 Å². The summed E-state index contributed by atoms with van der Waals surface area (Å²) in [5.74, 6) is 0.234. The Bertz CT molecular complexity index is 378. The summed E-state index contributed by atoms with van der Waals surface area (Å²) in [6.45, 7) is 0.325. The lowest BCUT2D eigenvalue weighted by Gasteiger charge is -2.22. The number of aromatic nitrogens is 2. The van der Waals surface area contributed by atoms with Crippen LogP contribution in [0.1, 0.15) is 37.8 Å². The molecule has 1 fully saturated rings. The lowest BCUT2D eigenvalue weighted by Crippen LogP contribution is -2.20. The number of nitrogens with zero attached hydrogens (tertiary/aromatic N) is 2. The number of anilines is 1. The van der Waals surface area contributed by atoms with Crippen molar-refractivity contribution < 1.29 is 13.2 Å². The molecule has 1 heterocycles. The molecule has 0 spiro atoms. The third-order valence-electron chi connectivity index (χ3n) is 3.25. The van der Waals surface area contributed by atoms with Gasteiger partial charge in [-0.2, -0.15) is 18.3 Å². The molecule has 0 aromatic carbocycles. The number of hydrogen-bond acceptors (Lipinski definition) is 2. The second-order valence-corrected chi connectivity index (χ2v) is 4.64. The predicted octanol–water partition coefficient (Wildman–Crippen LogP) is 3.06. The van der Waals surface area contributed by atoms with Gasteiger partial charge in [-0.25, -0.2) is 0 Å². The summed E-state index contributed by atoms with van der Waals surface area (Å²) in [5, 5.41) is 3.75. The Morgan fingerprint density at radius 2 is 1.94 bits per heavy atom. The monoisotopic (exact) mass is 247 g/mol. The van der Waals surface area contributed by atoms with Gasteiger partial charge in [0, 0.05) is 12.6 Å². The minimum absolute atomic E-state index is 0.0619. The highest BCUT2D eigenvalue weighted by Gasteiger charge is 2.36. The van der Waals surface area contributed by atoms with Gasteiger partial charge in [0.1, 0.15) is 11.5 Å². The van der Waals surface area contributed by atoms with Crippen LogP contribution in [0.3, 0.4) is 0 Å². The number of nitrogen functional groups attached to an aromatic ring is 1. The van der Waals surface area contributed by atoms with Crippen molar-refractivity contribution in [1.82, 2.24) is 9.78 Å². The maximum absolute atomic E-state index is 12.7. The third-order valence-corrected chi connectivity index (χ3v) is 3.25. The number of hydrogen-bond donors (Lipinski definition) is 1. The zero-order valence-electron chi connectivity index (χ0n) is 9.50. The fourth-order valence-corrected chi connectivity index (χ4v) is 2.42. The van der Waals surface area contributed by atoms with Crippen molar-refractivity contribution in [3.63, 3.8) is 0 Å². The van der Waals surface area contributed by atoms with Gasteiger partial charge in [0.05, 0.1) is 0 Å². The van der Waals surface area contributed by atoms with Crippen molar-refractivity contribution in [2.45, 2.75) is 44.8 Å². The van der Waals surface area contributed by atoms with Crippen LogP contribution in [0.5, 0.6) is 0 Å². The fraction of sp³-hybridized carbons (Fsp3) is 0.727. The molecule has 96 valence electrons. The first-order valence-electron chi connectivity index (χ1n) is 5.87. The highest BCUT2D eigenvalue weighted by Crippen LogP contribution is 2.32. The second-order valence-electron chi connectivity index (χ2n) is 4.64. The topological polar surface area (TPSA) is 43.8 Å². The Labute approximate surface area is 97.8 Å². The third kappa shape index (κ3) is 2.92. The van der Waals surface area contributed by atoms with Gasteiger partial charge in [-0.05, 0) is 18.8 Å². The predicted molar refractivity (Wildman–Crippen MR) is 58.2 cm³/mol. The van der Waals surface area contributed by atoms with Gasteiger partial charge in [-0.15, -0.1) is 0 Å². The van der Waals surface area contributed by atoms with E-state index in [0.717, 1.165) is 36.4 Å².